The molecular weight excluding hydrogens is 330 g/mol. The highest BCUT2D eigenvalue weighted by molar-refractivity contribution is 9.10. The van der Waals surface area contributed by atoms with Crippen LogP contribution in [0.3, 0.4) is 0 Å². The highest BCUT2D eigenvalue weighted by Crippen LogP contribution is 2.22. The number of halogens is 2. The summed E-state index contributed by atoms with van der Waals surface area (Å²) in [4.78, 5) is 12.2. The Hall–Kier alpha value is -1.07. The molecular formula is C13H13BrClN3O. The van der Waals surface area contributed by atoms with E-state index in [2.05, 4.69) is 21.0 Å². The lowest BCUT2D eigenvalue weighted by Crippen LogP contribution is -2.27. The van der Waals surface area contributed by atoms with Crippen LogP contribution in [0.1, 0.15) is 24.2 Å². The molecule has 0 aliphatic carbocycles. The minimum absolute atomic E-state index is 0.0336. The number of aryl methyl sites for hydroxylation is 1. The van der Waals surface area contributed by atoms with Gasteiger partial charge in [-0.15, -0.1) is 0 Å². The molecule has 0 bridgehead atoms. The van der Waals surface area contributed by atoms with E-state index in [1.807, 2.05) is 18.2 Å². The van der Waals surface area contributed by atoms with Gasteiger partial charge in [-0.3, -0.25) is 4.57 Å². The lowest BCUT2D eigenvalue weighted by Gasteiger charge is -2.09. The van der Waals surface area contributed by atoms with E-state index in [1.54, 1.807) is 4.57 Å². The predicted molar refractivity (Wildman–Crippen MR) is 77.7 cm³/mol. The summed E-state index contributed by atoms with van der Waals surface area (Å²) >= 11 is 9.55. The van der Waals surface area contributed by atoms with Crippen LogP contribution in [0.5, 0.6) is 0 Å². The van der Waals surface area contributed by atoms with Crippen LogP contribution in [0.2, 0.25) is 5.02 Å². The van der Waals surface area contributed by atoms with Crippen molar-refractivity contribution in [3.63, 3.8) is 0 Å². The number of rotatable bonds is 2. The topological polar surface area (TPSA) is 39.8 Å². The number of hydrogen-bond acceptors (Lipinski definition) is 2. The quantitative estimate of drug-likeness (QED) is 0.842. The van der Waals surface area contributed by atoms with Crippen molar-refractivity contribution in [2.24, 2.45) is 0 Å². The Bertz CT molecular complexity index is 677. The highest BCUT2D eigenvalue weighted by Gasteiger charge is 2.17. The van der Waals surface area contributed by atoms with Crippen LogP contribution in [0.15, 0.2) is 27.5 Å². The SMILES string of the molecule is O=c1n(Cc2ccc(Br)cc2Cl)nc2n1CCCC2. The Morgan fingerprint density at radius 1 is 1.37 bits per heavy atom. The van der Waals surface area contributed by atoms with Gasteiger partial charge < -0.3 is 0 Å². The van der Waals surface area contributed by atoms with E-state index in [9.17, 15) is 4.79 Å². The second-order valence-electron chi connectivity index (χ2n) is 4.70. The Labute approximate surface area is 124 Å². The van der Waals surface area contributed by atoms with Crippen molar-refractivity contribution >= 4 is 27.5 Å². The van der Waals surface area contributed by atoms with Crippen molar-refractivity contribution in [1.82, 2.24) is 14.3 Å². The molecule has 0 N–H and O–H groups in total. The van der Waals surface area contributed by atoms with Crippen molar-refractivity contribution in [3.05, 3.63) is 49.6 Å². The number of nitrogens with zero attached hydrogens (tertiary/aromatic N) is 3. The first-order valence-electron chi connectivity index (χ1n) is 6.25. The standard InChI is InChI=1S/C13H13BrClN3O/c14-10-5-4-9(11(15)7-10)8-18-13(19)17-6-2-1-3-12(17)16-18/h4-5,7H,1-3,6,8H2. The molecule has 0 spiro atoms. The molecule has 1 aliphatic heterocycles. The van der Waals surface area contributed by atoms with Gasteiger partial charge in [0.05, 0.1) is 6.54 Å². The first kappa shape index (κ1) is 12.9. The van der Waals surface area contributed by atoms with E-state index in [0.717, 1.165) is 41.7 Å². The Morgan fingerprint density at radius 2 is 2.21 bits per heavy atom. The lowest BCUT2D eigenvalue weighted by atomic mass is 10.2. The second-order valence-corrected chi connectivity index (χ2v) is 6.02. The van der Waals surface area contributed by atoms with Gasteiger partial charge in [-0.2, -0.15) is 5.10 Å². The largest absolute Gasteiger partial charge is 0.346 e. The van der Waals surface area contributed by atoms with E-state index in [-0.39, 0.29) is 5.69 Å². The van der Waals surface area contributed by atoms with Crippen molar-refractivity contribution in [3.8, 4) is 0 Å². The van der Waals surface area contributed by atoms with Crippen LogP contribution < -0.4 is 5.69 Å². The maximum Gasteiger partial charge on any atom is 0.346 e. The molecule has 0 saturated heterocycles. The molecule has 3 rings (SSSR count). The summed E-state index contributed by atoms with van der Waals surface area (Å²) in [7, 11) is 0. The molecule has 0 atom stereocenters. The predicted octanol–water partition coefficient (Wildman–Crippen LogP) is 2.85. The summed E-state index contributed by atoms with van der Waals surface area (Å²) in [5.41, 5.74) is 0.871. The third-order valence-corrected chi connectivity index (χ3v) is 4.21. The summed E-state index contributed by atoms with van der Waals surface area (Å²) in [5, 5.41) is 5.05. The number of benzene rings is 1. The molecule has 0 fully saturated rings. The van der Waals surface area contributed by atoms with E-state index >= 15 is 0 Å². The summed E-state index contributed by atoms with van der Waals surface area (Å²) in [5.74, 6) is 0.893. The molecule has 19 heavy (non-hydrogen) atoms. The van der Waals surface area contributed by atoms with Crippen LogP contribution in [-0.4, -0.2) is 14.3 Å². The zero-order chi connectivity index (χ0) is 13.4. The molecule has 1 aromatic heterocycles. The maximum absolute atomic E-state index is 12.2. The van der Waals surface area contributed by atoms with Crippen LogP contribution in [0.4, 0.5) is 0 Å². The molecule has 0 radical (unpaired) electrons. The molecule has 1 aromatic carbocycles. The van der Waals surface area contributed by atoms with E-state index in [0.29, 0.717) is 11.6 Å². The van der Waals surface area contributed by atoms with Gasteiger partial charge in [0.15, 0.2) is 0 Å². The molecule has 0 amide bonds. The second kappa shape index (κ2) is 5.13. The van der Waals surface area contributed by atoms with Crippen LogP contribution in [-0.2, 0) is 19.5 Å². The number of fused-ring (bicyclic) bond motifs is 1. The normalized spacial score (nSPS) is 14.4. The fourth-order valence-corrected chi connectivity index (χ4v) is 3.10. The molecule has 0 unspecified atom stereocenters. The molecule has 6 heteroatoms. The van der Waals surface area contributed by atoms with Crippen LogP contribution in [0, 0.1) is 0 Å². The summed E-state index contributed by atoms with van der Waals surface area (Å²) in [6.45, 7) is 1.20. The van der Waals surface area contributed by atoms with Gasteiger partial charge >= 0.3 is 5.69 Å². The van der Waals surface area contributed by atoms with E-state index in [1.165, 1.54) is 4.68 Å². The first-order chi connectivity index (χ1) is 9.15. The minimum atomic E-state index is -0.0336. The molecule has 0 saturated carbocycles. The van der Waals surface area contributed by atoms with Gasteiger partial charge in [0, 0.05) is 22.5 Å². The molecule has 4 nitrogen and oxygen atoms in total. The van der Waals surface area contributed by atoms with Crippen LogP contribution in [0.25, 0.3) is 0 Å². The minimum Gasteiger partial charge on any atom is -0.279 e. The Balaban J connectivity index is 1.95. The molecule has 100 valence electrons. The lowest BCUT2D eigenvalue weighted by molar-refractivity contribution is 0.511. The third-order valence-electron chi connectivity index (χ3n) is 3.37. The summed E-state index contributed by atoms with van der Waals surface area (Å²) in [6.07, 6.45) is 3.05. The Kier molecular flexibility index (Phi) is 3.50. The fourth-order valence-electron chi connectivity index (χ4n) is 2.36. The average molecular weight is 343 g/mol. The van der Waals surface area contributed by atoms with Crippen LogP contribution >= 0.6 is 27.5 Å². The Morgan fingerprint density at radius 3 is 2.95 bits per heavy atom. The van der Waals surface area contributed by atoms with Gasteiger partial charge in [0.2, 0.25) is 0 Å². The van der Waals surface area contributed by atoms with Gasteiger partial charge in [0.1, 0.15) is 5.82 Å². The number of aromatic nitrogens is 3. The first-order valence-corrected chi connectivity index (χ1v) is 7.43. The fraction of sp³-hybridized carbons (Fsp3) is 0.385. The van der Waals surface area contributed by atoms with Crippen molar-refractivity contribution in [2.75, 3.05) is 0 Å². The van der Waals surface area contributed by atoms with E-state index < -0.39 is 0 Å². The highest BCUT2D eigenvalue weighted by atomic mass is 79.9. The van der Waals surface area contributed by atoms with Crippen molar-refractivity contribution in [1.29, 1.82) is 0 Å². The summed E-state index contributed by atoms with van der Waals surface area (Å²) in [6, 6.07) is 5.66. The molecule has 2 heterocycles. The van der Waals surface area contributed by atoms with E-state index in [4.69, 9.17) is 11.6 Å². The average Bonchev–Trinajstić information content (AvgIpc) is 2.70. The van der Waals surface area contributed by atoms with Gasteiger partial charge in [-0.05, 0) is 30.5 Å². The maximum atomic E-state index is 12.2. The smallest absolute Gasteiger partial charge is 0.279 e. The van der Waals surface area contributed by atoms with Crippen molar-refractivity contribution in [2.45, 2.75) is 32.4 Å². The monoisotopic (exact) mass is 341 g/mol. The molecule has 1 aliphatic rings. The third kappa shape index (κ3) is 2.49. The van der Waals surface area contributed by atoms with Gasteiger partial charge in [-0.25, -0.2) is 9.48 Å². The zero-order valence-corrected chi connectivity index (χ0v) is 12.6. The van der Waals surface area contributed by atoms with Gasteiger partial charge in [-0.1, -0.05) is 33.6 Å². The number of hydrogen-bond donors (Lipinski definition) is 0. The molecule has 2 aromatic rings. The summed E-state index contributed by atoms with van der Waals surface area (Å²) < 4.78 is 4.21. The zero-order valence-electron chi connectivity index (χ0n) is 10.3. The van der Waals surface area contributed by atoms with Gasteiger partial charge in [0.25, 0.3) is 0 Å². The van der Waals surface area contributed by atoms with Crippen molar-refractivity contribution < 1.29 is 0 Å².